The Morgan fingerprint density at radius 3 is 2.69 bits per heavy atom. The molecule has 0 bridgehead atoms. The Bertz CT molecular complexity index is 1210. The van der Waals surface area contributed by atoms with Crippen LogP contribution in [-0.2, 0) is 21.2 Å². The second-order valence-electron chi connectivity index (χ2n) is 8.83. The molecule has 2 heterocycles. The van der Waals surface area contributed by atoms with Crippen LogP contribution in [0.3, 0.4) is 0 Å². The number of hydrogen-bond donors (Lipinski definition) is 3. The van der Waals surface area contributed by atoms with Crippen molar-refractivity contribution < 1.29 is 17.9 Å². The number of anilines is 4. The van der Waals surface area contributed by atoms with E-state index in [0.29, 0.717) is 41.2 Å². The van der Waals surface area contributed by atoms with Gasteiger partial charge in [0.2, 0.25) is 21.9 Å². The van der Waals surface area contributed by atoms with E-state index in [0.717, 1.165) is 49.6 Å². The van der Waals surface area contributed by atoms with E-state index in [1.807, 2.05) is 19.1 Å². The number of sulfonamides is 1. The van der Waals surface area contributed by atoms with Gasteiger partial charge in [-0.2, -0.15) is 4.98 Å². The summed E-state index contributed by atoms with van der Waals surface area (Å²) in [6.07, 6.45) is 7.05. The van der Waals surface area contributed by atoms with Gasteiger partial charge in [-0.3, -0.25) is 4.79 Å². The van der Waals surface area contributed by atoms with Gasteiger partial charge in [-0.05, 0) is 51.2 Å². The normalized spacial score (nSPS) is 20.3. The van der Waals surface area contributed by atoms with E-state index < -0.39 is 10.0 Å². The molecular formula is C23H31ClN6O4S. The summed E-state index contributed by atoms with van der Waals surface area (Å²) in [7, 11) is -1.72. The zero-order valence-electron chi connectivity index (χ0n) is 20.1. The molecule has 4 rings (SSSR count). The molecule has 2 aliphatic rings. The van der Waals surface area contributed by atoms with Crippen molar-refractivity contribution in [3.05, 3.63) is 28.9 Å². The standard InChI is InChI=1S/C23H31ClN6O4S/c1-4-30-19-12-11-18(21(34-2)14(19)7-5-10-20(30)31)27-23-25-13-15(24)22(28-23)26-16-8-6-9-17(16)29-35(3,32)33/h11-13,16-17,29H,4-10H2,1-3H3,(H2,25,26,27,28)/t16-,17-/m1/s1. The van der Waals surface area contributed by atoms with Crippen LogP contribution in [0.4, 0.5) is 23.1 Å². The molecule has 1 aliphatic carbocycles. The SMILES string of the molecule is CCN1C(=O)CCCc2c1ccc(Nc1ncc(Cl)c(N[C@@H]3CCC[C@H]3NS(C)(=O)=O)n1)c2OC. The van der Waals surface area contributed by atoms with Gasteiger partial charge in [0, 0.05) is 30.6 Å². The minimum absolute atomic E-state index is 0.112. The number of ether oxygens (including phenoxy) is 1. The Morgan fingerprint density at radius 2 is 1.97 bits per heavy atom. The van der Waals surface area contributed by atoms with Crippen LogP contribution in [0.15, 0.2) is 18.3 Å². The zero-order chi connectivity index (χ0) is 25.2. The van der Waals surface area contributed by atoms with E-state index in [9.17, 15) is 13.2 Å². The van der Waals surface area contributed by atoms with Gasteiger partial charge < -0.3 is 20.3 Å². The molecule has 1 aliphatic heterocycles. The predicted octanol–water partition coefficient (Wildman–Crippen LogP) is 3.45. The zero-order valence-corrected chi connectivity index (χ0v) is 21.7. The van der Waals surface area contributed by atoms with Crippen LogP contribution >= 0.6 is 11.6 Å². The summed E-state index contributed by atoms with van der Waals surface area (Å²) < 4.78 is 31.9. The van der Waals surface area contributed by atoms with Crippen LogP contribution < -0.4 is 25.0 Å². The highest BCUT2D eigenvalue weighted by molar-refractivity contribution is 7.88. The Morgan fingerprint density at radius 1 is 1.20 bits per heavy atom. The van der Waals surface area contributed by atoms with E-state index in [2.05, 4.69) is 25.3 Å². The third-order valence-corrected chi connectivity index (χ3v) is 7.37. The first-order valence-electron chi connectivity index (χ1n) is 11.7. The lowest BCUT2D eigenvalue weighted by atomic mass is 10.0. The third kappa shape index (κ3) is 5.79. The van der Waals surface area contributed by atoms with E-state index in [1.54, 1.807) is 12.0 Å². The molecule has 0 saturated heterocycles. The number of fused-ring (bicyclic) bond motifs is 1. The number of nitrogens with one attached hydrogen (secondary N) is 3. The summed E-state index contributed by atoms with van der Waals surface area (Å²) in [5.41, 5.74) is 2.52. The molecule has 0 unspecified atom stereocenters. The van der Waals surface area contributed by atoms with Gasteiger partial charge in [-0.1, -0.05) is 11.6 Å². The van der Waals surface area contributed by atoms with E-state index in [-0.39, 0.29) is 18.0 Å². The van der Waals surface area contributed by atoms with Crippen molar-refractivity contribution in [2.45, 2.75) is 57.5 Å². The highest BCUT2D eigenvalue weighted by Gasteiger charge is 2.30. The lowest BCUT2D eigenvalue weighted by Crippen LogP contribution is -2.43. The topological polar surface area (TPSA) is 126 Å². The average Bonchev–Trinajstić information content (AvgIpc) is 3.14. The number of rotatable bonds is 8. The summed E-state index contributed by atoms with van der Waals surface area (Å²) in [5, 5.41) is 6.85. The predicted molar refractivity (Wildman–Crippen MR) is 137 cm³/mol. The smallest absolute Gasteiger partial charge is 0.229 e. The Labute approximate surface area is 210 Å². The molecule has 1 amide bonds. The van der Waals surface area contributed by atoms with Crippen LogP contribution in [0.5, 0.6) is 5.75 Å². The molecule has 0 spiro atoms. The summed E-state index contributed by atoms with van der Waals surface area (Å²) in [4.78, 5) is 23.1. The van der Waals surface area contributed by atoms with Crippen molar-refractivity contribution in [2.24, 2.45) is 0 Å². The minimum Gasteiger partial charge on any atom is -0.494 e. The first-order chi connectivity index (χ1) is 16.7. The molecule has 0 radical (unpaired) electrons. The number of halogens is 1. The minimum atomic E-state index is -3.33. The lowest BCUT2D eigenvalue weighted by Gasteiger charge is -2.24. The molecule has 35 heavy (non-hydrogen) atoms. The number of nitrogens with zero attached hydrogens (tertiary/aromatic N) is 3. The number of amides is 1. The second-order valence-corrected chi connectivity index (χ2v) is 11.0. The van der Waals surface area contributed by atoms with Gasteiger partial charge in [0.25, 0.3) is 0 Å². The van der Waals surface area contributed by atoms with Crippen molar-refractivity contribution in [3.8, 4) is 5.75 Å². The molecule has 2 aromatic rings. The fourth-order valence-corrected chi connectivity index (χ4v) is 5.83. The molecule has 10 nitrogen and oxygen atoms in total. The van der Waals surface area contributed by atoms with Crippen LogP contribution in [0.25, 0.3) is 0 Å². The third-order valence-electron chi connectivity index (χ3n) is 6.36. The molecule has 1 saturated carbocycles. The maximum absolute atomic E-state index is 12.5. The van der Waals surface area contributed by atoms with Crippen LogP contribution in [0.1, 0.15) is 44.6 Å². The summed E-state index contributed by atoms with van der Waals surface area (Å²) in [6.45, 7) is 2.55. The molecule has 1 aromatic carbocycles. The van der Waals surface area contributed by atoms with Gasteiger partial charge in [0.15, 0.2) is 5.82 Å². The van der Waals surface area contributed by atoms with E-state index >= 15 is 0 Å². The number of carbonyl (C=O) groups excluding carboxylic acids is 1. The molecular weight excluding hydrogens is 492 g/mol. The van der Waals surface area contributed by atoms with Crippen molar-refractivity contribution in [1.82, 2.24) is 14.7 Å². The first kappa shape index (κ1) is 25.5. The van der Waals surface area contributed by atoms with Crippen molar-refractivity contribution in [2.75, 3.05) is 35.4 Å². The van der Waals surface area contributed by atoms with Crippen molar-refractivity contribution in [1.29, 1.82) is 0 Å². The fourth-order valence-electron chi connectivity index (χ4n) is 4.85. The Balaban J connectivity index is 1.59. The first-order valence-corrected chi connectivity index (χ1v) is 14.0. The van der Waals surface area contributed by atoms with Crippen LogP contribution in [-0.4, -0.2) is 56.3 Å². The quantitative estimate of drug-likeness (QED) is 0.481. The van der Waals surface area contributed by atoms with Gasteiger partial charge in [0.05, 0.1) is 30.9 Å². The van der Waals surface area contributed by atoms with Gasteiger partial charge in [-0.15, -0.1) is 0 Å². The largest absolute Gasteiger partial charge is 0.494 e. The highest BCUT2D eigenvalue weighted by Crippen LogP contribution is 2.40. The van der Waals surface area contributed by atoms with Gasteiger partial charge in [0.1, 0.15) is 10.8 Å². The maximum Gasteiger partial charge on any atom is 0.229 e. The number of aromatic nitrogens is 2. The van der Waals surface area contributed by atoms with Gasteiger partial charge in [-0.25, -0.2) is 18.1 Å². The van der Waals surface area contributed by atoms with Crippen LogP contribution in [0.2, 0.25) is 5.02 Å². The van der Waals surface area contributed by atoms with Gasteiger partial charge >= 0.3 is 0 Å². The Hall–Kier alpha value is -2.63. The lowest BCUT2D eigenvalue weighted by molar-refractivity contribution is -0.118. The Kier molecular flexibility index (Phi) is 7.67. The molecule has 12 heteroatoms. The number of benzene rings is 1. The summed E-state index contributed by atoms with van der Waals surface area (Å²) in [6, 6.07) is 3.40. The summed E-state index contributed by atoms with van der Waals surface area (Å²) in [5.74, 6) is 1.50. The molecule has 1 aromatic heterocycles. The maximum atomic E-state index is 12.5. The monoisotopic (exact) mass is 522 g/mol. The number of hydrogen-bond acceptors (Lipinski definition) is 8. The number of carbonyl (C=O) groups is 1. The highest BCUT2D eigenvalue weighted by atomic mass is 35.5. The van der Waals surface area contributed by atoms with Crippen molar-refractivity contribution in [3.63, 3.8) is 0 Å². The van der Waals surface area contributed by atoms with E-state index in [4.69, 9.17) is 16.3 Å². The molecule has 190 valence electrons. The molecule has 2 atom stereocenters. The van der Waals surface area contributed by atoms with Crippen LogP contribution in [0, 0.1) is 0 Å². The van der Waals surface area contributed by atoms with Crippen molar-refractivity contribution >= 4 is 50.7 Å². The molecule has 3 N–H and O–H groups in total. The second kappa shape index (κ2) is 10.5. The molecule has 1 fully saturated rings. The number of methoxy groups -OCH3 is 1. The van der Waals surface area contributed by atoms with E-state index in [1.165, 1.54) is 6.20 Å². The fraction of sp³-hybridized carbons (Fsp3) is 0.522. The average molecular weight is 523 g/mol. The summed E-state index contributed by atoms with van der Waals surface area (Å²) >= 11 is 6.36.